The van der Waals surface area contributed by atoms with Crippen LogP contribution in [0.25, 0.3) is 0 Å². The molecule has 0 unspecified atom stereocenters. The second-order valence-electron chi connectivity index (χ2n) is 4.26. The van der Waals surface area contributed by atoms with E-state index in [1.807, 2.05) is 24.3 Å². The van der Waals surface area contributed by atoms with E-state index in [9.17, 15) is 4.79 Å². The first-order valence-electron chi connectivity index (χ1n) is 6.21. The summed E-state index contributed by atoms with van der Waals surface area (Å²) in [4.78, 5) is 11.9. The van der Waals surface area contributed by atoms with Gasteiger partial charge in [-0.1, -0.05) is 33.6 Å². The van der Waals surface area contributed by atoms with Crippen molar-refractivity contribution in [1.29, 1.82) is 0 Å². The Morgan fingerprint density at radius 2 is 2.10 bits per heavy atom. The quantitative estimate of drug-likeness (QED) is 0.832. The van der Waals surface area contributed by atoms with Gasteiger partial charge in [0.2, 0.25) is 5.91 Å². The van der Waals surface area contributed by atoms with Crippen LogP contribution in [0, 0.1) is 0 Å². The van der Waals surface area contributed by atoms with Gasteiger partial charge in [-0.15, -0.1) is 0 Å². The molecule has 0 aliphatic rings. The van der Waals surface area contributed by atoms with Crippen LogP contribution in [0.4, 0.5) is 11.4 Å². The number of amides is 1. The van der Waals surface area contributed by atoms with E-state index in [-0.39, 0.29) is 12.5 Å². The van der Waals surface area contributed by atoms with E-state index in [2.05, 4.69) is 26.6 Å². The number of hydrogen-bond acceptors (Lipinski definition) is 3. The van der Waals surface area contributed by atoms with Crippen molar-refractivity contribution in [3.8, 4) is 5.75 Å². The van der Waals surface area contributed by atoms with Gasteiger partial charge in [-0.05, 0) is 36.4 Å². The summed E-state index contributed by atoms with van der Waals surface area (Å²) in [6.07, 6.45) is 0. The Morgan fingerprint density at radius 1 is 1.29 bits per heavy atom. The third-order valence-corrected chi connectivity index (χ3v) is 3.44. The molecule has 0 spiro atoms. The number of hydrogen-bond donors (Lipinski definition) is 2. The van der Waals surface area contributed by atoms with Crippen molar-refractivity contribution in [2.75, 3.05) is 24.3 Å². The van der Waals surface area contributed by atoms with Crippen LogP contribution in [0.3, 0.4) is 0 Å². The highest BCUT2D eigenvalue weighted by Crippen LogP contribution is 2.27. The van der Waals surface area contributed by atoms with Gasteiger partial charge in [0, 0.05) is 15.2 Å². The van der Waals surface area contributed by atoms with Crippen molar-refractivity contribution in [2.45, 2.75) is 0 Å². The molecule has 0 bridgehead atoms. The molecule has 2 aromatic carbocycles. The lowest BCUT2D eigenvalue weighted by Crippen LogP contribution is -2.21. The van der Waals surface area contributed by atoms with Gasteiger partial charge in [0.1, 0.15) is 5.75 Å². The average molecular weight is 370 g/mol. The lowest BCUT2D eigenvalue weighted by molar-refractivity contribution is -0.114. The molecule has 2 aromatic rings. The number of ether oxygens (including phenoxy) is 1. The lowest BCUT2D eigenvalue weighted by Gasteiger charge is -2.11. The van der Waals surface area contributed by atoms with Crippen LogP contribution in [0.1, 0.15) is 0 Å². The number of carbonyl (C=O) groups excluding carboxylic acids is 1. The van der Waals surface area contributed by atoms with Gasteiger partial charge in [0.05, 0.1) is 19.3 Å². The molecule has 0 aromatic heterocycles. The van der Waals surface area contributed by atoms with E-state index in [0.717, 1.165) is 10.2 Å². The zero-order valence-electron chi connectivity index (χ0n) is 11.3. The average Bonchev–Trinajstić information content (AvgIpc) is 2.45. The van der Waals surface area contributed by atoms with E-state index in [1.54, 1.807) is 25.3 Å². The fourth-order valence-corrected chi connectivity index (χ4v) is 2.34. The maximum absolute atomic E-state index is 11.9. The first kappa shape index (κ1) is 15.7. The van der Waals surface area contributed by atoms with Crippen molar-refractivity contribution in [3.05, 3.63) is 52.0 Å². The first-order valence-corrected chi connectivity index (χ1v) is 7.38. The van der Waals surface area contributed by atoms with Gasteiger partial charge in [0.15, 0.2) is 0 Å². The third-order valence-electron chi connectivity index (χ3n) is 2.71. The topological polar surface area (TPSA) is 50.4 Å². The van der Waals surface area contributed by atoms with Crippen molar-refractivity contribution < 1.29 is 9.53 Å². The Hall–Kier alpha value is -1.72. The summed E-state index contributed by atoms with van der Waals surface area (Å²) in [6.45, 7) is 0.114. The Balaban J connectivity index is 1.96. The standard InChI is InChI=1S/C15H14BrClN2O2/c1-21-14-6-5-11(17)8-13(14)18-9-15(20)19-12-4-2-3-10(16)7-12/h2-8,18H,9H2,1H3,(H,19,20). The fourth-order valence-electron chi connectivity index (χ4n) is 1.77. The number of carbonyl (C=O) groups is 1. The predicted molar refractivity (Wildman–Crippen MR) is 89.3 cm³/mol. The number of nitrogens with one attached hydrogen (secondary N) is 2. The van der Waals surface area contributed by atoms with E-state index in [1.165, 1.54) is 0 Å². The second-order valence-corrected chi connectivity index (χ2v) is 5.61. The molecule has 4 nitrogen and oxygen atoms in total. The van der Waals surface area contributed by atoms with Crippen molar-refractivity contribution in [3.63, 3.8) is 0 Å². The zero-order chi connectivity index (χ0) is 15.2. The fraction of sp³-hybridized carbons (Fsp3) is 0.133. The molecular weight excluding hydrogens is 356 g/mol. The number of rotatable bonds is 5. The summed E-state index contributed by atoms with van der Waals surface area (Å²) in [5, 5.41) is 6.38. The smallest absolute Gasteiger partial charge is 0.243 e. The summed E-state index contributed by atoms with van der Waals surface area (Å²) in [5.41, 5.74) is 1.41. The van der Waals surface area contributed by atoms with Crippen LogP contribution in [-0.4, -0.2) is 19.6 Å². The molecule has 6 heteroatoms. The monoisotopic (exact) mass is 368 g/mol. The molecule has 110 valence electrons. The summed E-state index contributed by atoms with van der Waals surface area (Å²) in [5.74, 6) is 0.477. The molecule has 0 atom stereocenters. The maximum Gasteiger partial charge on any atom is 0.243 e. The molecule has 0 heterocycles. The van der Waals surface area contributed by atoms with Crippen LogP contribution >= 0.6 is 27.5 Å². The van der Waals surface area contributed by atoms with Gasteiger partial charge >= 0.3 is 0 Å². The predicted octanol–water partition coefficient (Wildman–Crippen LogP) is 4.16. The highest BCUT2D eigenvalue weighted by molar-refractivity contribution is 9.10. The molecule has 0 saturated heterocycles. The minimum absolute atomic E-state index is 0.114. The van der Waals surface area contributed by atoms with Gasteiger partial charge in [-0.2, -0.15) is 0 Å². The second kappa shape index (κ2) is 7.33. The summed E-state index contributed by atoms with van der Waals surface area (Å²) in [7, 11) is 1.57. The molecule has 0 aliphatic carbocycles. The molecule has 2 rings (SSSR count). The SMILES string of the molecule is COc1ccc(Cl)cc1NCC(=O)Nc1cccc(Br)c1. The van der Waals surface area contributed by atoms with E-state index in [0.29, 0.717) is 16.5 Å². The summed E-state index contributed by atoms with van der Waals surface area (Å²) >= 11 is 9.29. The van der Waals surface area contributed by atoms with E-state index < -0.39 is 0 Å². The van der Waals surface area contributed by atoms with Crippen LogP contribution in [-0.2, 0) is 4.79 Å². The number of anilines is 2. The number of benzene rings is 2. The molecule has 1 amide bonds. The summed E-state index contributed by atoms with van der Waals surface area (Å²) in [6, 6.07) is 12.6. The Kier molecular flexibility index (Phi) is 5.47. The van der Waals surface area contributed by atoms with Crippen molar-refractivity contribution in [2.24, 2.45) is 0 Å². The van der Waals surface area contributed by atoms with E-state index in [4.69, 9.17) is 16.3 Å². The van der Waals surface area contributed by atoms with Crippen LogP contribution in [0.2, 0.25) is 5.02 Å². The van der Waals surface area contributed by atoms with Gasteiger partial charge < -0.3 is 15.4 Å². The van der Waals surface area contributed by atoms with Crippen LogP contribution < -0.4 is 15.4 Å². The Bertz CT molecular complexity index is 649. The molecular formula is C15H14BrClN2O2. The van der Waals surface area contributed by atoms with Crippen molar-refractivity contribution >= 4 is 44.8 Å². The summed E-state index contributed by atoms with van der Waals surface area (Å²) < 4.78 is 6.11. The minimum Gasteiger partial charge on any atom is -0.495 e. The molecule has 21 heavy (non-hydrogen) atoms. The molecule has 2 N–H and O–H groups in total. The van der Waals surface area contributed by atoms with Crippen LogP contribution in [0.15, 0.2) is 46.9 Å². The largest absolute Gasteiger partial charge is 0.495 e. The molecule has 0 aliphatic heterocycles. The van der Waals surface area contributed by atoms with Gasteiger partial charge in [-0.3, -0.25) is 4.79 Å². The van der Waals surface area contributed by atoms with Crippen LogP contribution in [0.5, 0.6) is 5.75 Å². The van der Waals surface area contributed by atoms with Gasteiger partial charge in [-0.25, -0.2) is 0 Å². The first-order chi connectivity index (χ1) is 10.1. The highest BCUT2D eigenvalue weighted by Gasteiger charge is 2.07. The minimum atomic E-state index is -0.157. The third kappa shape index (κ3) is 4.65. The maximum atomic E-state index is 11.9. The molecule has 0 fully saturated rings. The number of halogens is 2. The number of methoxy groups -OCH3 is 1. The highest BCUT2D eigenvalue weighted by atomic mass is 79.9. The van der Waals surface area contributed by atoms with Gasteiger partial charge in [0.25, 0.3) is 0 Å². The Morgan fingerprint density at radius 3 is 2.81 bits per heavy atom. The molecule has 0 saturated carbocycles. The lowest BCUT2D eigenvalue weighted by atomic mass is 10.3. The van der Waals surface area contributed by atoms with E-state index >= 15 is 0 Å². The van der Waals surface area contributed by atoms with Crippen molar-refractivity contribution in [1.82, 2.24) is 0 Å². The Labute approximate surface area is 136 Å². The zero-order valence-corrected chi connectivity index (χ0v) is 13.7. The molecule has 0 radical (unpaired) electrons. The normalized spacial score (nSPS) is 10.0.